The Labute approximate surface area is 120 Å². The summed E-state index contributed by atoms with van der Waals surface area (Å²) in [5, 5.41) is 11.8. The highest BCUT2D eigenvalue weighted by Crippen LogP contribution is 2.26. The van der Waals surface area contributed by atoms with Crippen LogP contribution in [0.25, 0.3) is 22.3 Å². The van der Waals surface area contributed by atoms with Crippen molar-refractivity contribution >= 4 is 44.1 Å². The minimum atomic E-state index is -0.966. The van der Waals surface area contributed by atoms with E-state index >= 15 is 0 Å². The molecule has 0 amide bonds. The van der Waals surface area contributed by atoms with Crippen LogP contribution in [-0.2, 0) is 0 Å². The largest absolute Gasteiger partial charge is 0.478 e. The molecule has 0 fully saturated rings. The van der Waals surface area contributed by atoms with E-state index < -0.39 is 5.97 Å². The van der Waals surface area contributed by atoms with E-state index in [1.165, 1.54) is 11.3 Å². The fourth-order valence-corrected chi connectivity index (χ4v) is 2.74. The molecule has 0 unspecified atom stereocenters. The van der Waals surface area contributed by atoms with Gasteiger partial charge in [0, 0.05) is 15.2 Å². The lowest BCUT2D eigenvalue weighted by Gasteiger charge is -2.05. The second-order valence-electron chi connectivity index (χ2n) is 3.90. The summed E-state index contributed by atoms with van der Waals surface area (Å²) in [5.41, 5.74) is 3.83. The molecule has 1 N–H and O–H groups in total. The molecule has 0 bridgehead atoms. The fourth-order valence-electron chi connectivity index (χ4n) is 1.85. The van der Waals surface area contributed by atoms with E-state index in [1.807, 2.05) is 5.38 Å². The molecule has 0 saturated heterocycles. The molecule has 4 nitrogen and oxygen atoms in total. The number of carboxylic acid groups (broad SMARTS) is 1. The van der Waals surface area contributed by atoms with E-state index in [1.54, 1.807) is 29.8 Å². The Morgan fingerprint density at radius 2 is 2.11 bits per heavy atom. The first-order chi connectivity index (χ1) is 9.15. The summed E-state index contributed by atoms with van der Waals surface area (Å²) < 4.78 is 0.860. The van der Waals surface area contributed by atoms with Crippen molar-refractivity contribution in [3.05, 3.63) is 45.2 Å². The predicted octanol–water partition coefficient (Wildman–Crippen LogP) is 3.82. The summed E-state index contributed by atoms with van der Waals surface area (Å²) in [6.45, 7) is 0. The molecular formula is C13H7BrN2O2S. The van der Waals surface area contributed by atoms with Gasteiger partial charge in [0.1, 0.15) is 0 Å². The van der Waals surface area contributed by atoms with Gasteiger partial charge in [0.05, 0.1) is 28.0 Å². The third-order valence-electron chi connectivity index (χ3n) is 2.70. The monoisotopic (exact) mass is 334 g/mol. The van der Waals surface area contributed by atoms with Crippen LogP contribution in [0.5, 0.6) is 0 Å². The summed E-state index contributed by atoms with van der Waals surface area (Å²) >= 11 is 4.82. The molecule has 94 valence electrons. The maximum Gasteiger partial charge on any atom is 0.336 e. The molecule has 0 spiro atoms. The molecule has 0 aliphatic heterocycles. The lowest BCUT2D eigenvalue weighted by atomic mass is 10.1. The van der Waals surface area contributed by atoms with E-state index in [2.05, 4.69) is 25.9 Å². The highest BCUT2D eigenvalue weighted by Gasteiger charge is 2.13. The van der Waals surface area contributed by atoms with Crippen molar-refractivity contribution in [3.8, 4) is 11.4 Å². The molecule has 1 aromatic carbocycles. The summed E-state index contributed by atoms with van der Waals surface area (Å²) in [6, 6.07) is 6.92. The molecular weight excluding hydrogens is 328 g/mol. The minimum absolute atomic E-state index is 0.237. The zero-order chi connectivity index (χ0) is 13.4. The maximum absolute atomic E-state index is 11.4. The van der Waals surface area contributed by atoms with Crippen LogP contribution in [0.2, 0.25) is 0 Å². The van der Waals surface area contributed by atoms with Crippen LogP contribution in [-0.4, -0.2) is 21.0 Å². The number of pyridine rings is 1. The highest BCUT2D eigenvalue weighted by molar-refractivity contribution is 9.10. The molecule has 0 radical (unpaired) electrons. The first-order valence-electron chi connectivity index (χ1n) is 5.37. The van der Waals surface area contributed by atoms with Crippen molar-refractivity contribution in [3.63, 3.8) is 0 Å². The normalized spacial score (nSPS) is 10.8. The standard InChI is InChI=1S/C13H7BrN2O2S/c14-7-1-2-8-9(13(17)18)4-11(16-10(8)3-7)12-5-19-6-15-12/h1-6H,(H,17,18). The number of aromatic nitrogens is 2. The Hall–Kier alpha value is -1.79. The number of halogens is 1. The topological polar surface area (TPSA) is 63.1 Å². The van der Waals surface area contributed by atoms with Gasteiger partial charge in [0.2, 0.25) is 0 Å². The highest BCUT2D eigenvalue weighted by atomic mass is 79.9. The maximum atomic E-state index is 11.4. The van der Waals surface area contributed by atoms with Gasteiger partial charge in [-0.1, -0.05) is 22.0 Å². The van der Waals surface area contributed by atoms with Crippen LogP contribution in [0.1, 0.15) is 10.4 Å². The first-order valence-corrected chi connectivity index (χ1v) is 7.11. The Morgan fingerprint density at radius 3 is 2.79 bits per heavy atom. The van der Waals surface area contributed by atoms with Crippen LogP contribution in [0.15, 0.2) is 39.6 Å². The number of thiazole rings is 1. The van der Waals surface area contributed by atoms with Gasteiger partial charge in [-0.2, -0.15) is 0 Å². The van der Waals surface area contributed by atoms with E-state index in [-0.39, 0.29) is 5.56 Å². The number of fused-ring (bicyclic) bond motifs is 1. The summed E-state index contributed by atoms with van der Waals surface area (Å²) in [4.78, 5) is 20.0. The average Bonchev–Trinajstić information content (AvgIpc) is 2.90. The van der Waals surface area contributed by atoms with Gasteiger partial charge in [0.15, 0.2) is 0 Å². The second kappa shape index (κ2) is 4.71. The van der Waals surface area contributed by atoms with Crippen molar-refractivity contribution in [2.75, 3.05) is 0 Å². The number of aromatic carboxylic acids is 1. The van der Waals surface area contributed by atoms with E-state index in [4.69, 9.17) is 0 Å². The molecule has 6 heteroatoms. The van der Waals surface area contributed by atoms with E-state index in [9.17, 15) is 9.90 Å². The van der Waals surface area contributed by atoms with Crippen LogP contribution in [0.4, 0.5) is 0 Å². The van der Waals surface area contributed by atoms with Crippen LogP contribution in [0.3, 0.4) is 0 Å². The van der Waals surface area contributed by atoms with Crippen LogP contribution < -0.4 is 0 Å². The summed E-state index contributed by atoms with van der Waals surface area (Å²) in [7, 11) is 0. The van der Waals surface area contributed by atoms with Crippen molar-refractivity contribution in [2.45, 2.75) is 0 Å². The third-order valence-corrected chi connectivity index (χ3v) is 3.78. The molecule has 0 atom stereocenters. The molecule has 2 aromatic heterocycles. The van der Waals surface area contributed by atoms with Crippen molar-refractivity contribution in [1.82, 2.24) is 9.97 Å². The van der Waals surface area contributed by atoms with Gasteiger partial charge in [0.25, 0.3) is 0 Å². The number of rotatable bonds is 2. The van der Waals surface area contributed by atoms with Gasteiger partial charge >= 0.3 is 5.97 Å². The summed E-state index contributed by atoms with van der Waals surface area (Å²) in [5.74, 6) is -0.966. The minimum Gasteiger partial charge on any atom is -0.478 e. The molecule has 2 heterocycles. The number of benzene rings is 1. The van der Waals surface area contributed by atoms with Crippen LogP contribution in [0, 0.1) is 0 Å². The Bertz CT molecular complexity index is 772. The van der Waals surface area contributed by atoms with Gasteiger partial charge in [-0.15, -0.1) is 11.3 Å². The van der Waals surface area contributed by atoms with E-state index in [0.717, 1.165) is 4.47 Å². The summed E-state index contributed by atoms with van der Waals surface area (Å²) in [6.07, 6.45) is 0. The number of carbonyl (C=O) groups is 1. The van der Waals surface area contributed by atoms with Gasteiger partial charge < -0.3 is 5.11 Å². The number of carboxylic acids is 1. The molecule has 0 saturated carbocycles. The SMILES string of the molecule is O=C(O)c1cc(-c2cscn2)nc2cc(Br)ccc12. The fraction of sp³-hybridized carbons (Fsp3) is 0. The van der Waals surface area contributed by atoms with Crippen molar-refractivity contribution < 1.29 is 9.90 Å². The average molecular weight is 335 g/mol. The molecule has 0 aliphatic rings. The number of hydrogen-bond donors (Lipinski definition) is 1. The van der Waals surface area contributed by atoms with Crippen LogP contribution >= 0.6 is 27.3 Å². The van der Waals surface area contributed by atoms with E-state index in [0.29, 0.717) is 22.3 Å². The molecule has 3 aromatic rings. The van der Waals surface area contributed by atoms with Crippen molar-refractivity contribution in [1.29, 1.82) is 0 Å². The Kier molecular flexibility index (Phi) is 3.04. The van der Waals surface area contributed by atoms with Crippen molar-refractivity contribution in [2.24, 2.45) is 0 Å². The van der Waals surface area contributed by atoms with Gasteiger partial charge in [-0.25, -0.2) is 14.8 Å². The molecule has 19 heavy (non-hydrogen) atoms. The van der Waals surface area contributed by atoms with Gasteiger partial charge in [-0.05, 0) is 18.2 Å². The third kappa shape index (κ3) is 2.24. The second-order valence-corrected chi connectivity index (χ2v) is 5.53. The lowest BCUT2D eigenvalue weighted by Crippen LogP contribution is -2.00. The predicted molar refractivity (Wildman–Crippen MR) is 77.5 cm³/mol. The number of hydrogen-bond acceptors (Lipinski definition) is 4. The Morgan fingerprint density at radius 1 is 1.26 bits per heavy atom. The molecule has 3 rings (SSSR count). The lowest BCUT2D eigenvalue weighted by molar-refractivity contribution is 0.0699. The van der Waals surface area contributed by atoms with Gasteiger partial charge in [-0.3, -0.25) is 0 Å². The Balaban J connectivity index is 2.34. The smallest absolute Gasteiger partial charge is 0.336 e. The zero-order valence-corrected chi connectivity index (χ0v) is 11.9. The number of nitrogens with zero attached hydrogens (tertiary/aromatic N) is 2. The zero-order valence-electron chi connectivity index (χ0n) is 9.50. The molecule has 0 aliphatic carbocycles. The first kappa shape index (κ1) is 12.3. The quantitative estimate of drug-likeness (QED) is 0.773.